The summed E-state index contributed by atoms with van der Waals surface area (Å²) in [7, 11) is 0. The Morgan fingerprint density at radius 1 is 1.10 bits per heavy atom. The fourth-order valence-corrected chi connectivity index (χ4v) is 3.43. The van der Waals surface area contributed by atoms with Crippen LogP contribution in [-0.4, -0.2) is 70.8 Å². The highest BCUT2D eigenvalue weighted by atomic mass is 16.2. The third-order valence-corrected chi connectivity index (χ3v) is 5.10. The first-order valence-electron chi connectivity index (χ1n) is 10.3. The van der Waals surface area contributed by atoms with Crippen molar-refractivity contribution in [3.8, 4) is 0 Å². The molecule has 1 aromatic carbocycles. The summed E-state index contributed by atoms with van der Waals surface area (Å²) >= 11 is 0. The highest BCUT2D eigenvalue weighted by molar-refractivity contribution is 5.93. The van der Waals surface area contributed by atoms with E-state index in [4.69, 9.17) is 0 Å². The normalized spacial score (nSPS) is 14.6. The van der Waals surface area contributed by atoms with E-state index in [1.54, 1.807) is 6.20 Å². The van der Waals surface area contributed by atoms with Gasteiger partial charge in [-0.1, -0.05) is 25.1 Å². The van der Waals surface area contributed by atoms with Crippen molar-refractivity contribution in [3.05, 3.63) is 48.3 Å². The molecule has 8 nitrogen and oxygen atoms in total. The van der Waals surface area contributed by atoms with Crippen molar-refractivity contribution < 1.29 is 9.59 Å². The monoisotopic (exact) mass is 398 g/mol. The van der Waals surface area contributed by atoms with Crippen LogP contribution < -0.4 is 10.6 Å². The molecular formula is C21H30N6O2. The maximum Gasteiger partial charge on any atom is 0.317 e. The molecular weight excluding hydrogens is 368 g/mol. The Morgan fingerprint density at radius 3 is 2.62 bits per heavy atom. The Kier molecular flexibility index (Phi) is 7.63. The first kappa shape index (κ1) is 20.9. The maximum absolute atomic E-state index is 12.4. The van der Waals surface area contributed by atoms with Gasteiger partial charge in [0.1, 0.15) is 0 Å². The minimum atomic E-state index is -0.0357. The van der Waals surface area contributed by atoms with Gasteiger partial charge >= 0.3 is 6.03 Å². The minimum Gasteiger partial charge on any atom is -0.338 e. The molecule has 0 bridgehead atoms. The van der Waals surface area contributed by atoms with Gasteiger partial charge in [-0.25, -0.2) is 4.79 Å². The quantitative estimate of drug-likeness (QED) is 0.665. The number of carbonyl (C=O) groups excluding carboxylic acids is 2. The van der Waals surface area contributed by atoms with E-state index < -0.39 is 0 Å². The van der Waals surface area contributed by atoms with Crippen LogP contribution in [0.3, 0.4) is 0 Å². The average Bonchev–Trinajstić information content (AvgIpc) is 3.25. The van der Waals surface area contributed by atoms with Crippen LogP contribution in [0.15, 0.2) is 42.7 Å². The van der Waals surface area contributed by atoms with Crippen LogP contribution in [0, 0.1) is 0 Å². The van der Waals surface area contributed by atoms with Crippen LogP contribution in [0.1, 0.15) is 18.9 Å². The number of rotatable bonds is 8. The van der Waals surface area contributed by atoms with E-state index in [-0.39, 0.29) is 11.9 Å². The number of carbonyl (C=O) groups is 2. The van der Waals surface area contributed by atoms with Gasteiger partial charge in [0.05, 0.1) is 6.54 Å². The standard InChI is InChI=1S/C21H30N6O2/c1-2-18-7-3-4-8-19(18)24-20(28)17-25-13-15-26(16-14-25)21(29)22-9-5-11-27-12-6-10-23-27/h3-4,6-8,10,12H,2,5,9,11,13-17H2,1H3,(H,22,29)(H,24,28). The fourth-order valence-electron chi connectivity index (χ4n) is 3.43. The van der Waals surface area contributed by atoms with Gasteiger partial charge in [0.2, 0.25) is 5.91 Å². The Labute approximate surface area is 171 Å². The minimum absolute atomic E-state index is 0.0116. The number of nitrogens with zero attached hydrogens (tertiary/aromatic N) is 4. The molecule has 3 amide bonds. The van der Waals surface area contributed by atoms with Crippen LogP contribution >= 0.6 is 0 Å². The summed E-state index contributed by atoms with van der Waals surface area (Å²) in [4.78, 5) is 28.6. The number of para-hydroxylation sites is 1. The lowest BCUT2D eigenvalue weighted by molar-refractivity contribution is -0.117. The van der Waals surface area contributed by atoms with E-state index in [2.05, 4.69) is 27.6 Å². The van der Waals surface area contributed by atoms with Crippen molar-refractivity contribution >= 4 is 17.6 Å². The van der Waals surface area contributed by atoms with Crippen molar-refractivity contribution in [2.75, 3.05) is 44.6 Å². The number of amides is 3. The number of hydrogen-bond donors (Lipinski definition) is 2. The van der Waals surface area contributed by atoms with Gasteiger partial charge < -0.3 is 15.5 Å². The van der Waals surface area contributed by atoms with Crippen LogP contribution in [0.2, 0.25) is 0 Å². The number of urea groups is 1. The largest absolute Gasteiger partial charge is 0.338 e. The molecule has 3 rings (SSSR count). The second-order valence-electron chi connectivity index (χ2n) is 7.18. The summed E-state index contributed by atoms with van der Waals surface area (Å²) in [5, 5.41) is 10.1. The van der Waals surface area contributed by atoms with E-state index >= 15 is 0 Å². The van der Waals surface area contributed by atoms with Gasteiger partial charge in [0, 0.05) is 57.3 Å². The molecule has 2 N–H and O–H groups in total. The Bertz CT molecular complexity index is 784. The summed E-state index contributed by atoms with van der Waals surface area (Å²) in [5.41, 5.74) is 2.02. The molecule has 1 fully saturated rings. The molecule has 2 aromatic rings. The van der Waals surface area contributed by atoms with Crippen LogP contribution in [0.5, 0.6) is 0 Å². The Hall–Kier alpha value is -2.87. The predicted molar refractivity (Wildman–Crippen MR) is 113 cm³/mol. The molecule has 156 valence electrons. The molecule has 0 saturated carbocycles. The molecule has 0 radical (unpaired) electrons. The molecule has 8 heteroatoms. The van der Waals surface area contributed by atoms with Crippen molar-refractivity contribution in [1.82, 2.24) is 24.9 Å². The van der Waals surface area contributed by atoms with Gasteiger partial charge in [-0.05, 0) is 30.5 Å². The molecule has 1 aliphatic rings. The van der Waals surface area contributed by atoms with Gasteiger partial charge in [0.15, 0.2) is 0 Å². The topological polar surface area (TPSA) is 82.5 Å². The summed E-state index contributed by atoms with van der Waals surface area (Å²) in [6.45, 7) is 6.49. The molecule has 0 unspecified atom stereocenters. The fraction of sp³-hybridized carbons (Fsp3) is 0.476. The summed E-state index contributed by atoms with van der Waals surface area (Å²) in [5.74, 6) is -0.0116. The zero-order valence-electron chi connectivity index (χ0n) is 17.0. The van der Waals surface area contributed by atoms with E-state index in [1.165, 1.54) is 0 Å². The zero-order chi connectivity index (χ0) is 20.5. The van der Waals surface area contributed by atoms with E-state index in [0.29, 0.717) is 39.3 Å². The predicted octanol–water partition coefficient (Wildman–Crippen LogP) is 1.80. The molecule has 2 heterocycles. The molecule has 0 spiro atoms. The highest BCUT2D eigenvalue weighted by Gasteiger charge is 2.22. The molecule has 0 aliphatic carbocycles. The zero-order valence-corrected chi connectivity index (χ0v) is 17.0. The number of nitrogens with one attached hydrogen (secondary N) is 2. The van der Waals surface area contributed by atoms with Gasteiger partial charge in [-0.3, -0.25) is 14.4 Å². The molecule has 1 aromatic heterocycles. The van der Waals surface area contributed by atoms with Gasteiger partial charge in [-0.2, -0.15) is 5.10 Å². The maximum atomic E-state index is 12.4. The first-order chi connectivity index (χ1) is 14.2. The third kappa shape index (κ3) is 6.32. The smallest absolute Gasteiger partial charge is 0.317 e. The summed E-state index contributed by atoms with van der Waals surface area (Å²) in [6.07, 6.45) is 5.39. The lowest BCUT2D eigenvalue weighted by Crippen LogP contribution is -2.53. The molecule has 1 aliphatic heterocycles. The lowest BCUT2D eigenvalue weighted by Gasteiger charge is -2.34. The average molecular weight is 399 g/mol. The van der Waals surface area contributed by atoms with Gasteiger partial charge in [0.25, 0.3) is 0 Å². The van der Waals surface area contributed by atoms with Crippen molar-refractivity contribution in [1.29, 1.82) is 0 Å². The van der Waals surface area contributed by atoms with Crippen LogP contribution in [-0.2, 0) is 17.8 Å². The highest BCUT2D eigenvalue weighted by Crippen LogP contribution is 2.15. The number of piperazine rings is 1. The second kappa shape index (κ2) is 10.6. The third-order valence-electron chi connectivity index (χ3n) is 5.10. The molecule has 1 saturated heterocycles. The number of benzene rings is 1. The van der Waals surface area contributed by atoms with Crippen LogP contribution in [0.4, 0.5) is 10.5 Å². The molecule has 0 atom stereocenters. The van der Waals surface area contributed by atoms with Gasteiger partial charge in [-0.15, -0.1) is 0 Å². The number of aryl methyl sites for hydroxylation is 2. The van der Waals surface area contributed by atoms with Crippen molar-refractivity contribution in [3.63, 3.8) is 0 Å². The lowest BCUT2D eigenvalue weighted by atomic mass is 10.1. The summed E-state index contributed by atoms with van der Waals surface area (Å²) in [6, 6.07) is 9.73. The van der Waals surface area contributed by atoms with Crippen molar-refractivity contribution in [2.45, 2.75) is 26.3 Å². The van der Waals surface area contributed by atoms with E-state index in [0.717, 1.165) is 30.6 Å². The SMILES string of the molecule is CCc1ccccc1NC(=O)CN1CCN(C(=O)NCCCn2cccn2)CC1. The van der Waals surface area contributed by atoms with E-state index in [1.807, 2.05) is 46.1 Å². The Balaban J connectivity index is 1.34. The first-order valence-corrected chi connectivity index (χ1v) is 10.3. The number of aromatic nitrogens is 2. The second-order valence-corrected chi connectivity index (χ2v) is 7.18. The number of anilines is 1. The van der Waals surface area contributed by atoms with Crippen molar-refractivity contribution in [2.24, 2.45) is 0 Å². The summed E-state index contributed by atoms with van der Waals surface area (Å²) < 4.78 is 1.86. The molecule has 29 heavy (non-hydrogen) atoms. The number of hydrogen-bond acceptors (Lipinski definition) is 4. The van der Waals surface area contributed by atoms with Crippen LogP contribution in [0.25, 0.3) is 0 Å². The Morgan fingerprint density at radius 2 is 1.90 bits per heavy atom. The van der Waals surface area contributed by atoms with E-state index in [9.17, 15) is 9.59 Å².